The summed E-state index contributed by atoms with van der Waals surface area (Å²) < 4.78 is 2.22. The number of rotatable bonds is 6. The molecule has 3 aromatic carbocycles. The maximum atomic E-state index is 12.0. The molecule has 0 unspecified atom stereocenters. The van der Waals surface area contributed by atoms with E-state index in [1.54, 1.807) is 6.07 Å². The van der Waals surface area contributed by atoms with Crippen LogP contribution in [0.25, 0.3) is 22.2 Å². The van der Waals surface area contributed by atoms with Crippen LogP contribution in [0.3, 0.4) is 0 Å². The summed E-state index contributed by atoms with van der Waals surface area (Å²) in [4.78, 5) is 16.8. The van der Waals surface area contributed by atoms with Crippen LogP contribution in [0.2, 0.25) is 0 Å². The highest BCUT2D eigenvalue weighted by molar-refractivity contribution is 5.96. The highest BCUT2D eigenvalue weighted by Gasteiger charge is 2.15. The number of fused-ring (bicyclic) bond motifs is 1. The third-order valence-corrected chi connectivity index (χ3v) is 5.27. The van der Waals surface area contributed by atoms with E-state index in [1.165, 1.54) is 0 Å². The van der Waals surface area contributed by atoms with Crippen LogP contribution >= 0.6 is 0 Å². The third-order valence-electron chi connectivity index (χ3n) is 5.27. The molecule has 0 amide bonds. The molecule has 0 atom stereocenters. The normalized spacial score (nSPS) is 11.1. The van der Waals surface area contributed by atoms with E-state index in [9.17, 15) is 9.90 Å². The van der Waals surface area contributed by atoms with Gasteiger partial charge in [0.2, 0.25) is 0 Å². The van der Waals surface area contributed by atoms with Gasteiger partial charge in [0.05, 0.1) is 16.6 Å². The largest absolute Gasteiger partial charge is 0.478 e. The topological polar surface area (TPSA) is 55.1 Å². The van der Waals surface area contributed by atoms with Crippen LogP contribution in [0, 0.1) is 6.92 Å². The number of imidazole rings is 1. The number of carboxylic acids is 1. The summed E-state index contributed by atoms with van der Waals surface area (Å²) in [6.45, 7) is 4.82. The molecule has 1 heterocycles. The van der Waals surface area contributed by atoms with Gasteiger partial charge in [-0.2, -0.15) is 0 Å². The molecule has 0 aliphatic rings. The molecule has 0 aliphatic carbocycles. The minimum atomic E-state index is -0.911. The van der Waals surface area contributed by atoms with Gasteiger partial charge in [0.1, 0.15) is 5.82 Å². The number of hydrogen-bond acceptors (Lipinski definition) is 2. The van der Waals surface area contributed by atoms with Gasteiger partial charge >= 0.3 is 5.97 Å². The Morgan fingerprint density at radius 1 is 1.03 bits per heavy atom. The lowest BCUT2D eigenvalue weighted by Gasteiger charge is -2.12. The molecule has 1 N–H and O–H groups in total. The van der Waals surface area contributed by atoms with Crippen molar-refractivity contribution in [3.63, 3.8) is 0 Å². The summed E-state index contributed by atoms with van der Waals surface area (Å²) in [6.07, 6.45) is 1.90. The molecular formula is C25H24N2O2. The van der Waals surface area contributed by atoms with Crippen LogP contribution in [0.15, 0.2) is 66.7 Å². The zero-order valence-electron chi connectivity index (χ0n) is 16.7. The second-order valence-corrected chi connectivity index (χ2v) is 7.36. The van der Waals surface area contributed by atoms with Gasteiger partial charge in [-0.1, -0.05) is 61.5 Å². The third kappa shape index (κ3) is 3.66. The van der Waals surface area contributed by atoms with Crippen molar-refractivity contribution in [3.05, 3.63) is 89.2 Å². The van der Waals surface area contributed by atoms with Gasteiger partial charge in [0, 0.05) is 13.0 Å². The maximum Gasteiger partial charge on any atom is 0.336 e. The zero-order valence-corrected chi connectivity index (χ0v) is 16.7. The number of carbonyl (C=O) groups is 1. The van der Waals surface area contributed by atoms with Crippen molar-refractivity contribution in [2.24, 2.45) is 0 Å². The van der Waals surface area contributed by atoms with E-state index in [2.05, 4.69) is 30.5 Å². The van der Waals surface area contributed by atoms with Crippen molar-refractivity contribution in [2.75, 3.05) is 0 Å². The van der Waals surface area contributed by atoms with E-state index < -0.39 is 5.97 Å². The smallest absolute Gasteiger partial charge is 0.336 e. The Labute approximate surface area is 170 Å². The number of carboxylic acid groups (broad SMARTS) is 1. The number of aromatic nitrogens is 2. The van der Waals surface area contributed by atoms with Gasteiger partial charge in [-0.15, -0.1) is 0 Å². The SMILES string of the molecule is CCCc1nc2c(C)cccc2n1Cc1ccc(-c2ccccc2)c(C(=O)O)c1. The number of hydrogen-bond donors (Lipinski definition) is 1. The molecule has 0 radical (unpaired) electrons. The van der Waals surface area contributed by atoms with Crippen LogP contribution in [0.4, 0.5) is 0 Å². The van der Waals surface area contributed by atoms with Gasteiger partial charge in [0.15, 0.2) is 0 Å². The van der Waals surface area contributed by atoms with Crippen LogP contribution in [-0.2, 0) is 13.0 Å². The highest BCUT2D eigenvalue weighted by atomic mass is 16.4. The van der Waals surface area contributed by atoms with E-state index in [4.69, 9.17) is 4.98 Å². The standard InChI is InChI=1S/C25H24N2O2/c1-3-8-23-26-24-17(2)9-7-12-22(24)27(23)16-18-13-14-20(21(15-18)25(28)29)19-10-5-4-6-11-19/h4-7,9-15H,3,8,16H2,1-2H3,(H,28,29). The Kier molecular flexibility index (Phi) is 5.17. The average molecular weight is 384 g/mol. The van der Waals surface area contributed by atoms with E-state index in [1.807, 2.05) is 48.5 Å². The molecular weight excluding hydrogens is 360 g/mol. The maximum absolute atomic E-state index is 12.0. The minimum Gasteiger partial charge on any atom is -0.478 e. The minimum absolute atomic E-state index is 0.325. The number of aromatic carboxylic acids is 1. The Hall–Kier alpha value is -3.40. The molecule has 0 spiro atoms. The van der Waals surface area contributed by atoms with Crippen LogP contribution in [0.5, 0.6) is 0 Å². The molecule has 4 nitrogen and oxygen atoms in total. The fourth-order valence-corrected chi connectivity index (χ4v) is 3.84. The predicted molar refractivity (Wildman–Crippen MR) is 116 cm³/mol. The average Bonchev–Trinajstić information content (AvgIpc) is 3.07. The first-order chi connectivity index (χ1) is 14.1. The molecule has 4 rings (SSSR count). The lowest BCUT2D eigenvalue weighted by Crippen LogP contribution is -2.07. The first kappa shape index (κ1) is 18.9. The van der Waals surface area contributed by atoms with Crippen LogP contribution in [0.1, 0.15) is 40.7 Å². The summed E-state index contributed by atoms with van der Waals surface area (Å²) in [5, 5.41) is 9.81. The molecule has 4 aromatic rings. The first-order valence-corrected chi connectivity index (χ1v) is 9.95. The first-order valence-electron chi connectivity index (χ1n) is 9.95. The molecule has 0 aliphatic heterocycles. The summed E-state index contributed by atoms with van der Waals surface area (Å²) >= 11 is 0. The molecule has 0 saturated heterocycles. The summed E-state index contributed by atoms with van der Waals surface area (Å²) in [7, 11) is 0. The van der Waals surface area contributed by atoms with E-state index in [-0.39, 0.29) is 0 Å². The summed E-state index contributed by atoms with van der Waals surface area (Å²) in [6, 6.07) is 21.6. The van der Waals surface area contributed by atoms with Crippen molar-refractivity contribution in [1.82, 2.24) is 9.55 Å². The number of nitrogens with zero attached hydrogens (tertiary/aromatic N) is 2. The quantitative estimate of drug-likeness (QED) is 0.463. The lowest BCUT2D eigenvalue weighted by molar-refractivity contribution is 0.0697. The van der Waals surface area contributed by atoms with Crippen LogP contribution in [-0.4, -0.2) is 20.6 Å². The Balaban J connectivity index is 1.79. The van der Waals surface area contributed by atoms with Crippen LogP contribution < -0.4 is 0 Å². The second-order valence-electron chi connectivity index (χ2n) is 7.36. The molecule has 1 aromatic heterocycles. The molecule has 146 valence electrons. The van der Waals surface area contributed by atoms with Gasteiger partial charge in [-0.25, -0.2) is 9.78 Å². The fourth-order valence-electron chi connectivity index (χ4n) is 3.84. The lowest BCUT2D eigenvalue weighted by atomic mass is 9.97. The summed E-state index contributed by atoms with van der Waals surface area (Å²) in [5.74, 6) is 0.131. The van der Waals surface area contributed by atoms with E-state index >= 15 is 0 Å². The van der Waals surface area contributed by atoms with Gasteiger partial charge < -0.3 is 9.67 Å². The van der Waals surface area contributed by atoms with E-state index in [0.29, 0.717) is 12.1 Å². The summed E-state index contributed by atoms with van der Waals surface area (Å²) in [5.41, 5.74) is 6.21. The molecule has 29 heavy (non-hydrogen) atoms. The zero-order chi connectivity index (χ0) is 20.4. The van der Waals surface area contributed by atoms with Crippen molar-refractivity contribution < 1.29 is 9.90 Å². The number of benzene rings is 3. The molecule has 0 fully saturated rings. The number of para-hydroxylation sites is 1. The Morgan fingerprint density at radius 2 is 1.83 bits per heavy atom. The monoisotopic (exact) mass is 384 g/mol. The van der Waals surface area contributed by atoms with Gasteiger partial charge in [0.25, 0.3) is 0 Å². The Bertz CT molecular complexity index is 1180. The van der Waals surface area contributed by atoms with Crippen molar-refractivity contribution in [2.45, 2.75) is 33.2 Å². The fraction of sp³-hybridized carbons (Fsp3) is 0.200. The molecule has 0 bridgehead atoms. The van der Waals surface area contributed by atoms with E-state index in [0.717, 1.165) is 52.0 Å². The van der Waals surface area contributed by atoms with Crippen molar-refractivity contribution in [3.8, 4) is 11.1 Å². The van der Waals surface area contributed by atoms with Crippen molar-refractivity contribution in [1.29, 1.82) is 0 Å². The molecule has 4 heteroatoms. The predicted octanol–water partition coefficient (Wildman–Crippen LogP) is 5.71. The highest BCUT2D eigenvalue weighted by Crippen LogP contribution is 2.27. The Morgan fingerprint density at radius 3 is 2.55 bits per heavy atom. The molecule has 0 saturated carbocycles. The van der Waals surface area contributed by atoms with Gasteiger partial charge in [-0.05, 0) is 47.7 Å². The van der Waals surface area contributed by atoms with Gasteiger partial charge in [-0.3, -0.25) is 0 Å². The second kappa shape index (κ2) is 7.92. The van der Waals surface area contributed by atoms with Crippen molar-refractivity contribution >= 4 is 17.0 Å². The number of aryl methyl sites for hydroxylation is 2.